The molecular weight excluding hydrogens is 330 g/mol. The normalized spacial score (nSPS) is 26.4. The first-order chi connectivity index (χ1) is 12.6. The van der Waals surface area contributed by atoms with Crippen LogP contribution in [-0.4, -0.2) is 61.7 Å². The predicted octanol–water partition coefficient (Wildman–Crippen LogP) is 1.95. The molecule has 3 N–H and O–H groups in total. The van der Waals surface area contributed by atoms with Gasteiger partial charge in [0.2, 0.25) is 0 Å². The number of aromatic amines is 1. The van der Waals surface area contributed by atoms with Crippen molar-refractivity contribution in [3.8, 4) is 0 Å². The van der Waals surface area contributed by atoms with E-state index in [1.54, 1.807) is 0 Å². The zero-order chi connectivity index (χ0) is 17.9. The first kappa shape index (κ1) is 16.0. The second-order valence-electron chi connectivity index (χ2n) is 7.82. The zero-order valence-corrected chi connectivity index (χ0v) is 15.3. The topological polar surface area (TPSA) is 97.9 Å². The summed E-state index contributed by atoms with van der Waals surface area (Å²) in [5.74, 6) is 0.975. The van der Waals surface area contributed by atoms with E-state index in [0.717, 1.165) is 55.7 Å². The van der Waals surface area contributed by atoms with E-state index >= 15 is 0 Å². The second kappa shape index (κ2) is 5.65. The fraction of sp³-hybridized carbons (Fsp3) is 0.611. The Bertz CT molecular complexity index is 952. The quantitative estimate of drug-likeness (QED) is 0.745. The van der Waals surface area contributed by atoms with Crippen molar-refractivity contribution in [3.63, 3.8) is 0 Å². The van der Waals surface area contributed by atoms with Gasteiger partial charge < -0.3 is 15.5 Å². The number of nitrogens with one attached hydrogen (secondary N) is 1. The number of anilines is 1. The third-order valence-electron chi connectivity index (χ3n) is 6.44. The standard InChI is InChI=1S/C18H25N7O/c1-3-18(9-26-10-18)24-7-5-11(2)13(8-24)25-15-12-4-6-20-17(12)22-21-14(15)16(19)23-25/h4,6,11,13H,3,5,7-10H2,1-2H3,(H2,19,23)(H,20,22). The highest BCUT2D eigenvalue weighted by molar-refractivity contribution is 6.03. The molecule has 2 saturated heterocycles. The smallest absolute Gasteiger partial charge is 0.174 e. The lowest BCUT2D eigenvalue weighted by atomic mass is 9.85. The first-order valence-corrected chi connectivity index (χ1v) is 9.43. The van der Waals surface area contributed by atoms with Crippen LogP contribution in [-0.2, 0) is 4.74 Å². The molecule has 0 radical (unpaired) electrons. The van der Waals surface area contributed by atoms with Crippen molar-refractivity contribution >= 4 is 27.9 Å². The number of fused-ring (bicyclic) bond motifs is 3. The van der Waals surface area contributed by atoms with Crippen molar-refractivity contribution in [3.05, 3.63) is 12.3 Å². The number of nitrogens with two attached hydrogens (primary N) is 1. The van der Waals surface area contributed by atoms with Crippen LogP contribution in [0.2, 0.25) is 0 Å². The van der Waals surface area contributed by atoms with Gasteiger partial charge in [-0.25, -0.2) is 0 Å². The molecule has 2 atom stereocenters. The highest BCUT2D eigenvalue weighted by Gasteiger charge is 2.45. The van der Waals surface area contributed by atoms with Crippen LogP contribution < -0.4 is 5.73 Å². The van der Waals surface area contributed by atoms with Gasteiger partial charge in [-0.2, -0.15) is 5.10 Å². The van der Waals surface area contributed by atoms with Crippen molar-refractivity contribution in [2.24, 2.45) is 5.92 Å². The van der Waals surface area contributed by atoms with Gasteiger partial charge in [0, 0.05) is 18.1 Å². The molecular formula is C18H25N7O. The Morgan fingerprint density at radius 2 is 2.23 bits per heavy atom. The lowest BCUT2D eigenvalue weighted by molar-refractivity contribution is -0.154. The Hall–Kier alpha value is -2.19. The largest absolute Gasteiger partial charge is 0.380 e. The van der Waals surface area contributed by atoms with Crippen LogP contribution in [0.5, 0.6) is 0 Å². The van der Waals surface area contributed by atoms with E-state index in [4.69, 9.17) is 15.6 Å². The molecule has 0 spiro atoms. The van der Waals surface area contributed by atoms with Crippen LogP contribution in [0.25, 0.3) is 22.1 Å². The van der Waals surface area contributed by atoms with Gasteiger partial charge in [0.05, 0.1) is 24.8 Å². The molecule has 5 rings (SSSR count). The minimum Gasteiger partial charge on any atom is -0.380 e. The average molecular weight is 355 g/mol. The number of hydrogen-bond donors (Lipinski definition) is 2. The number of ether oxygens (including phenoxy) is 1. The Labute approximate surface area is 151 Å². The molecule has 3 aromatic rings. The molecule has 2 aliphatic rings. The Morgan fingerprint density at radius 1 is 1.38 bits per heavy atom. The molecule has 2 aliphatic heterocycles. The van der Waals surface area contributed by atoms with E-state index in [2.05, 4.69) is 38.6 Å². The highest BCUT2D eigenvalue weighted by Crippen LogP contribution is 2.38. The number of aromatic nitrogens is 5. The molecule has 138 valence electrons. The van der Waals surface area contributed by atoms with Crippen LogP contribution >= 0.6 is 0 Å². The molecule has 3 aromatic heterocycles. The number of piperidine rings is 1. The molecule has 0 saturated carbocycles. The Balaban J connectivity index is 1.60. The third-order valence-corrected chi connectivity index (χ3v) is 6.44. The SMILES string of the molecule is CCC1(N2CCC(C)C(n3nc(N)c4nnc5[nH]ccc5c43)C2)COC1. The van der Waals surface area contributed by atoms with Gasteiger partial charge in [-0.05, 0) is 31.4 Å². The summed E-state index contributed by atoms with van der Waals surface area (Å²) >= 11 is 0. The minimum atomic E-state index is 0.191. The lowest BCUT2D eigenvalue weighted by Crippen LogP contribution is -2.64. The van der Waals surface area contributed by atoms with Crippen molar-refractivity contribution in [2.75, 3.05) is 32.0 Å². The fourth-order valence-corrected chi connectivity index (χ4v) is 4.51. The molecule has 5 heterocycles. The number of nitrogen functional groups attached to an aromatic ring is 1. The molecule has 0 amide bonds. The van der Waals surface area contributed by atoms with Crippen LogP contribution in [0.4, 0.5) is 5.82 Å². The van der Waals surface area contributed by atoms with Gasteiger partial charge in [-0.3, -0.25) is 9.58 Å². The van der Waals surface area contributed by atoms with E-state index in [1.165, 1.54) is 0 Å². The summed E-state index contributed by atoms with van der Waals surface area (Å²) in [7, 11) is 0. The molecule has 0 bridgehead atoms. The predicted molar refractivity (Wildman–Crippen MR) is 99.8 cm³/mol. The molecule has 26 heavy (non-hydrogen) atoms. The summed E-state index contributed by atoms with van der Waals surface area (Å²) in [4.78, 5) is 5.75. The summed E-state index contributed by atoms with van der Waals surface area (Å²) in [6, 6.07) is 2.29. The molecule has 0 aliphatic carbocycles. The number of H-pyrrole nitrogens is 1. The van der Waals surface area contributed by atoms with Crippen molar-refractivity contribution in [2.45, 2.75) is 38.3 Å². The molecule has 2 unspecified atom stereocenters. The second-order valence-corrected chi connectivity index (χ2v) is 7.82. The zero-order valence-electron chi connectivity index (χ0n) is 15.3. The Morgan fingerprint density at radius 3 is 2.96 bits per heavy atom. The Kier molecular flexibility index (Phi) is 3.48. The molecule has 2 fully saturated rings. The van der Waals surface area contributed by atoms with Gasteiger partial charge in [-0.1, -0.05) is 13.8 Å². The number of nitrogens with zero attached hydrogens (tertiary/aromatic N) is 5. The van der Waals surface area contributed by atoms with Gasteiger partial charge >= 0.3 is 0 Å². The van der Waals surface area contributed by atoms with E-state index in [-0.39, 0.29) is 11.6 Å². The number of likely N-dealkylation sites (tertiary alicyclic amines) is 1. The highest BCUT2D eigenvalue weighted by atomic mass is 16.5. The molecule has 8 nitrogen and oxygen atoms in total. The summed E-state index contributed by atoms with van der Waals surface area (Å²) in [5, 5.41) is 14.3. The van der Waals surface area contributed by atoms with Gasteiger partial charge in [0.25, 0.3) is 0 Å². The van der Waals surface area contributed by atoms with Crippen molar-refractivity contribution < 1.29 is 4.74 Å². The maximum Gasteiger partial charge on any atom is 0.174 e. The fourth-order valence-electron chi connectivity index (χ4n) is 4.51. The van der Waals surface area contributed by atoms with Crippen molar-refractivity contribution in [1.29, 1.82) is 0 Å². The van der Waals surface area contributed by atoms with Gasteiger partial charge in [0.15, 0.2) is 17.0 Å². The first-order valence-electron chi connectivity index (χ1n) is 9.43. The third kappa shape index (κ3) is 2.12. The van der Waals surface area contributed by atoms with Gasteiger partial charge in [-0.15, -0.1) is 10.2 Å². The monoisotopic (exact) mass is 355 g/mol. The average Bonchev–Trinajstić information content (AvgIpc) is 3.20. The van der Waals surface area contributed by atoms with Crippen LogP contribution in [0.3, 0.4) is 0 Å². The molecule has 0 aromatic carbocycles. The van der Waals surface area contributed by atoms with Crippen LogP contribution in [0, 0.1) is 5.92 Å². The van der Waals surface area contributed by atoms with Crippen molar-refractivity contribution in [1.82, 2.24) is 29.9 Å². The summed E-state index contributed by atoms with van der Waals surface area (Å²) < 4.78 is 7.67. The lowest BCUT2D eigenvalue weighted by Gasteiger charge is -2.53. The number of hydrogen-bond acceptors (Lipinski definition) is 6. The van der Waals surface area contributed by atoms with E-state index in [1.807, 2.05) is 12.3 Å². The maximum atomic E-state index is 6.19. The van der Waals surface area contributed by atoms with E-state index < -0.39 is 0 Å². The minimum absolute atomic E-state index is 0.191. The number of rotatable bonds is 3. The van der Waals surface area contributed by atoms with Gasteiger partial charge in [0.1, 0.15) is 5.52 Å². The van der Waals surface area contributed by atoms with E-state index in [9.17, 15) is 0 Å². The van der Waals surface area contributed by atoms with Crippen LogP contribution in [0.1, 0.15) is 32.7 Å². The maximum absolute atomic E-state index is 6.19. The molecule has 8 heteroatoms. The van der Waals surface area contributed by atoms with Crippen LogP contribution in [0.15, 0.2) is 12.3 Å². The summed E-state index contributed by atoms with van der Waals surface area (Å²) in [6.45, 7) is 8.31. The summed E-state index contributed by atoms with van der Waals surface area (Å²) in [5.41, 5.74) is 8.84. The summed E-state index contributed by atoms with van der Waals surface area (Å²) in [6.07, 6.45) is 4.15. The van der Waals surface area contributed by atoms with E-state index in [0.29, 0.717) is 17.3 Å².